The summed E-state index contributed by atoms with van der Waals surface area (Å²) in [6, 6.07) is 2.47. The molecule has 0 N–H and O–H groups in total. The summed E-state index contributed by atoms with van der Waals surface area (Å²) in [6.45, 7) is 1.51. The Morgan fingerprint density at radius 3 is 2.60 bits per heavy atom. The van der Waals surface area contributed by atoms with Gasteiger partial charge in [-0.05, 0) is 12.1 Å². The van der Waals surface area contributed by atoms with Crippen LogP contribution in [0.3, 0.4) is 0 Å². The van der Waals surface area contributed by atoms with Gasteiger partial charge in [-0.2, -0.15) is 13.2 Å². The van der Waals surface area contributed by atoms with Crippen molar-refractivity contribution in [2.75, 3.05) is 0 Å². The van der Waals surface area contributed by atoms with Gasteiger partial charge in [-0.3, -0.25) is 0 Å². The molecule has 80 valence electrons. The first-order valence-corrected chi connectivity index (χ1v) is 4.81. The van der Waals surface area contributed by atoms with E-state index >= 15 is 0 Å². The van der Waals surface area contributed by atoms with Crippen molar-refractivity contribution in [3.05, 3.63) is 28.1 Å². The third kappa shape index (κ3) is 1.86. The maximum absolute atomic E-state index is 12.6. The highest BCUT2D eigenvalue weighted by Gasteiger charge is 2.35. The third-order valence-electron chi connectivity index (χ3n) is 1.87. The molecule has 0 fully saturated rings. The second-order valence-electron chi connectivity index (χ2n) is 3.03. The van der Waals surface area contributed by atoms with E-state index < -0.39 is 11.7 Å². The molecule has 0 saturated carbocycles. The number of benzene rings is 1. The Morgan fingerprint density at radius 1 is 1.33 bits per heavy atom. The summed E-state index contributed by atoms with van der Waals surface area (Å²) in [5.41, 5.74) is -0.829. The van der Waals surface area contributed by atoms with E-state index in [4.69, 9.17) is 4.42 Å². The van der Waals surface area contributed by atoms with Gasteiger partial charge in [0.15, 0.2) is 11.5 Å². The van der Waals surface area contributed by atoms with Gasteiger partial charge in [0.1, 0.15) is 11.1 Å². The quantitative estimate of drug-likeness (QED) is 0.731. The molecule has 0 spiro atoms. The average Bonchev–Trinajstić information content (AvgIpc) is 2.41. The molecular formula is C9H5BrF3NO. The molecule has 6 heteroatoms. The van der Waals surface area contributed by atoms with Crippen molar-refractivity contribution in [3.8, 4) is 0 Å². The number of aryl methyl sites for hydroxylation is 1. The highest BCUT2D eigenvalue weighted by molar-refractivity contribution is 9.10. The van der Waals surface area contributed by atoms with Crippen LogP contribution < -0.4 is 0 Å². The number of alkyl halides is 3. The normalized spacial score (nSPS) is 12.3. The fraction of sp³-hybridized carbons (Fsp3) is 0.222. The van der Waals surface area contributed by atoms with Crippen LogP contribution in [0.15, 0.2) is 21.0 Å². The van der Waals surface area contributed by atoms with Gasteiger partial charge in [-0.15, -0.1) is 0 Å². The summed E-state index contributed by atoms with van der Waals surface area (Å²) in [5.74, 6) is 0.216. The average molecular weight is 280 g/mol. The number of nitrogens with zero attached hydrogens (tertiary/aromatic N) is 1. The Bertz CT molecular complexity index is 518. The lowest BCUT2D eigenvalue weighted by Gasteiger charge is -2.06. The van der Waals surface area contributed by atoms with Crippen molar-refractivity contribution in [3.63, 3.8) is 0 Å². The topological polar surface area (TPSA) is 26.0 Å². The Kier molecular flexibility index (Phi) is 2.26. The number of oxazole rings is 1. The molecule has 1 heterocycles. The van der Waals surface area contributed by atoms with Crippen molar-refractivity contribution < 1.29 is 17.6 Å². The maximum Gasteiger partial charge on any atom is 0.420 e. The molecule has 0 amide bonds. The first-order chi connectivity index (χ1) is 6.88. The molecule has 0 unspecified atom stereocenters. The maximum atomic E-state index is 12.6. The van der Waals surface area contributed by atoms with Crippen molar-refractivity contribution in [1.82, 2.24) is 4.98 Å². The summed E-state index contributed by atoms with van der Waals surface area (Å²) < 4.78 is 43.1. The zero-order valence-electron chi connectivity index (χ0n) is 7.52. The second kappa shape index (κ2) is 3.23. The minimum atomic E-state index is -4.44. The Hall–Kier alpha value is -1.04. The summed E-state index contributed by atoms with van der Waals surface area (Å²) >= 11 is 3.00. The van der Waals surface area contributed by atoms with Gasteiger partial charge in [0, 0.05) is 11.4 Å². The summed E-state index contributed by atoms with van der Waals surface area (Å²) in [5, 5.41) is 0. The van der Waals surface area contributed by atoms with Crippen molar-refractivity contribution >= 4 is 27.0 Å². The molecule has 0 aliphatic carbocycles. The van der Waals surface area contributed by atoms with E-state index in [9.17, 15) is 13.2 Å². The number of hydrogen-bond acceptors (Lipinski definition) is 2. The standard InChI is InChI=1S/C9H5BrF3NO/c1-4-14-7-3-5(10)2-6(8(7)15-4)9(11,12)13/h2-3H,1H3. The minimum absolute atomic E-state index is 0.203. The van der Waals surface area contributed by atoms with Crippen molar-refractivity contribution in [2.24, 2.45) is 0 Å². The SMILES string of the molecule is Cc1nc2cc(Br)cc(C(F)(F)F)c2o1. The minimum Gasteiger partial charge on any atom is -0.440 e. The number of fused-ring (bicyclic) bond motifs is 1. The van der Waals surface area contributed by atoms with Gasteiger partial charge in [0.2, 0.25) is 0 Å². The van der Waals surface area contributed by atoms with Gasteiger partial charge in [0.25, 0.3) is 0 Å². The van der Waals surface area contributed by atoms with Crippen molar-refractivity contribution in [2.45, 2.75) is 13.1 Å². The Labute approximate surface area is 91.2 Å². The lowest BCUT2D eigenvalue weighted by molar-refractivity contribution is -0.136. The van der Waals surface area contributed by atoms with E-state index in [2.05, 4.69) is 20.9 Å². The summed E-state index contributed by atoms with van der Waals surface area (Å²) in [7, 11) is 0. The first kappa shape index (κ1) is 10.5. The van der Waals surface area contributed by atoms with Crippen LogP contribution in [0.25, 0.3) is 11.1 Å². The van der Waals surface area contributed by atoms with E-state index in [1.165, 1.54) is 13.0 Å². The van der Waals surface area contributed by atoms with Gasteiger partial charge < -0.3 is 4.42 Å². The molecule has 0 atom stereocenters. The van der Waals surface area contributed by atoms with Gasteiger partial charge in [-0.25, -0.2) is 4.98 Å². The zero-order valence-corrected chi connectivity index (χ0v) is 9.11. The molecule has 2 rings (SSSR count). The van der Waals surface area contributed by atoms with Crippen LogP contribution in [0.5, 0.6) is 0 Å². The lowest BCUT2D eigenvalue weighted by atomic mass is 10.2. The molecule has 0 aliphatic heterocycles. The zero-order chi connectivity index (χ0) is 11.2. The van der Waals surface area contributed by atoms with E-state index in [-0.39, 0.29) is 17.0 Å². The fourth-order valence-electron chi connectivity index (χ4n) is 1.32. The fourth-order valence-corrected chi connectivity index (χ4v) is 1.77. The molecular weight excluding hydrogens is 275 g/mol. The molecule has 1 aromatic carbocycles. The van der Waals surface area contributed by atoms with Gasteiger partial charge in [0.05, 0.1) is 0 Å². The van der Waals surface area contributed by atoms with Crippen LogP contribution in [-0.4, -0.2) is 4.98 Å². The first-order valence-electron chi connectivity index (χ1n) is 4.02. The second-order valence-corrected chi connectivity index (χ2v) is 3.95. The number of rotatable bonds is 0. The van der Waals surface area contributed by atoms with E-state index in [1.54, 1.807) is 0 Å². The predicted molar refractivity (Wildman–Crippen MR) is 51.4 cm³/mol. The Morgan fingerprint density at radius 2 is 2.00 bits per heavy atom. The predicted octanol–water partition coefficient (Wildman–Crippen LogP) is 3.92. The molecule has 1 aromatic heterocycles. The highest BCUT2D eigenvalue weighted by Crippen LogP contribution is 2.37. The molecule has 2 nitrogen and oxygen atoms in total. The smallest absolute Gasteiger partial charge is 0.420 e. The lowest BCUT2D eigenvalue weighted by Crippen LogP contribution is -2.05. The molecule has 0 radical (unpaired) electrons. The van der Waals surface area contributed by atoms with Crippen LogP contribution >= 0.6 is 15.9 Å². The number of hydrogen-bond donors (Lipinski definition) is 0. The van der Waals surface area contributed by atoms with E-state index in [0.29, 0.717) is 4.47 Å². The van der Waals surface area contributed by atoms with Crippen molar-refractivity contribution in [1.29, 1.82) is 0 Å². The molecule has 0 saturated heterocycles. The van der Waals surface area contributed by atoms with Gasteiger partial charge >= 0.3 is 6.18 Å². The van der Waals surface area contributed by atoms with Crippen LogP contribution in [0.2, 0.25) is 0 Å². The van der Waals surface area contributed by atoms with Crippen LogP contribution in [0.1, 0.15) is 11.5 Å². The van der Waals surface area contributed by atoms with E-state index in [1.807, 2.05) is 0 Å². The van der Waals surface area contributed by atoms with Crippen LogP contribution in [-0.2, 0) is 6.18 Å². The van der Waals surface area contributed by atoms with E-state index in [0.717, 1.165) is 6.07 Å². The Balaban J connectivity index is 2.82. The summed E-state index contributed by atoms with van der Waals surface area (Å²) in [4.78, 5) is 3.85. The van der Waals surface area contributed by atoms with Crippen LogP contribution in [0.4, 0.5) is 13.2 Å². The monoisotopic (exact) mass is 279 g/mol. The molecule has 2 aromatic rings. The summed E-state index contributed by atoms with van der Waals surface area (Å²) in [6.07, 6.45) is -4.44. The third-order valence-corrected chi connectivity index (χ3v) is 2.33. The highest BCUT2D eigenvalue weighted by atomic mass is 79.9. The van der Waals surface area contributed by atoms with Crippen LogP contribution in [0, 0.1) is 6.92 Å². The largest absolute Gasteiger partial charge is 0.440 e. The van der Waals surface area contributed by atoms with Gasteiger partial charge in [-0.1, -0.05) is 15.9 Å². The number of aromatic nitrogens is 1. The molecule has 0 bridgehead atoms. The molecule has 0 aliphatic rings. The number of halogens is 4. The molecule has 15 heavy (non-hydrogen) atoms.